The van der Waals surface area contributed by atoms with Crippen LogP contribution in [0, 0.1) is 13.8 Å². The van der Waals surface area contributed by atoms with Crippen LogP contribution in [0.3, 0.4) is 0 Å². The highest BCUT2D eigenvalue weighted by atomic mass is 16.6. The van der Waals surface area contributed by atoms with Crippen molar-refractivity contribution < 1.29 is 23.8 Å². The molecular weight excluding hydrogens is 346 g/mol. The first-order valence-electron chi connectivity index (χ1n) is 8.34. The molecule has 6 nitrogen and oxygen atoms in total. The van der Waals surface area contributed by atoms with Gasteiger partial charge < -0.3 is 14.2 Å². The van der Waals surface area contributed by atoms with E-state index in [0.29, 0.717) is 17.1 Å². The number of benzene rings is 2. The molecule has 0 aromatic heterocycles. The number of aryl methyl sites for hydroxylation is 2. The van der Waals surface area contributed by atoms with E-state index in [0.717, 1.165) is 16.7 Å². The van der Waals surface area contributed by atoms with Crippen LogP contribution < -0.4 is 9.47 Å². The van der Waals surface area contributed by atoms with Gasteiger partial charge in [0.2, 0.25) is 5.90 Å². The lowest BCUT2D eigenvalue weighted by molar-refractivity contribution is -0.132. The number of carbonyl (C=O) groups is 2. The molecule has 1 aliphatic heterocycles. The summed E-state index contributed by atoms with van der Waals surface area (Å²) in [6, 6.07) is 10.8. The zero-order valence-corrected chi connectivity index (χ0v) is 15.5. The summed E-state index contributed by atoms with van der Waals surface area (Å²) in [5, 5.41) is 0. The SMILES string of the molecule is COc1ccccc1C1=N/C(=C\c2cc(C)c(OC(C)=O)c(C)c2)C(=O)O1. The first-order valence-corrected chi connectivity index (χ1v) is 8.34. The maximum Gasteiger partial charge on any atom is 0.363 e. The van der Waals surface area contributed by atoms with Gasteiger partial charge in [-0.05, 0) is 60.9 Å². The fraction of sp³-hybridized carbons (Fsp3) is 0.190. The molecule has 0 amide bonds. The minimum Gasteiger partial charge on any atom is -0.496 e. The topological polar surface area (TPSA) is 74.2 Å². The number of hydrogen-bond acceptors (Lipinski definition) is 6. The van der Waals surface area contributed by atoms with Crippen molar-refractivity contribution >= 4 is 23.9 Å². The minimum atomic E-state index is -0.532. The summed E-state index contributed by atoms with van der Waals surface area (Å²) < 4.78 is 15.8. The number of para-hydroxylation sites is 1. The quantitative estimate of drug-likeness (QED) is 0.470. The first kappa shape index (κ1) is 18.4. The Morgan fingerprint density at radius 3 is 2.44 bits per heavy atom. The number of carbonyl (C=O) groups excluding carboxylic acids is 2. The predicted octanol–water partition coefficient (Wildman–Crippen LogP) is 3.58. The molecular formula is C21H19NO5. The fourth-order valence-corrected chi connectivity index (χ4v) is 2.88. The summed E-state index contributed by atoms with van der Waals surface area (Å²) in [5.74, 6) is 0.390. The van der Waals surface area contributed by atoms with Crippen molar-refractivity contribution in [2.24, 2.45) is 4.99 Å². The first-order chi connectivity index (χ1) is 12.9. The Balaban J connectivity index is 1.96. The highest BCUT2D eigenvalue weighted by Crippen LogP contribution is 2.28. The summed E-state index contributed by atoms with van der Waals surface area (Å²) >= 11 is 0. The van der Waals surface area contributed by atoms with Crippen molar-refractivity contribution in [2.75, 3.05) is 7.11 Å². The molecule has 2 aromatic rings. The van der Waals surface area contributed by atoms with Crippen LogP contribution in [0.5, 0.6) is 11.5 Å². The number of methoxy groups -OCH3 is 1. The number of rotatable bonds is 4. The highest BCUT2D eigenvalue weighted by molar-refractivity contribution is 6.13. The third-order valence-electron chi connectivity index (χ3n) is 3.99. The zero-order chi connectivity index (χ0) is 19.6. The lowest BCUT2D eigenvalue weighted by Gasteiger charge is -2.10. The number of aliphatic imine (C=N–C) groups is 1. The molecule has 1 aliphatic rings. The summed E-state index contributed by atoms with van der Waals surface area (Å²) in [6.45, 7) is 5.03. The van der Waals surface area contributed by atoms with Gasteiger partial charge in [0.15, 0.2) is 5.70 Å². The molecule has 3 rings (SSSR count). The Labute approximate surface area is 157 Å². The summed E-state index contributed by atoms with van der Waals surface area (Å²) in [6.07, 6.45) is 1.64. The maximum absolute atomic E-state index is 12.2. The maximum atomic E-state index is 12.2. The minimum absolute atomic E-state index is 0.190. The van der Waals surface area contributed by atoms with E-state index in [1.165, 1.54) is 6.92 Å². The van der Waals surface area contributed by atoms with Gasteiger partial charge in [0.05, 0.1) is 12.7 Å². The number of cyclic esters (lactones) is 1. The standard InChI is InChI=1S/C21H19NO5/c1-12-9-15(10-13(2)19(12)26-14(3)23)11-17-21(24)27-20(22-17)16-7-5-6-8-18(16)25-4/h5-11H,1-4H3/b17-11-. The Morgan fingerprint density at radius 1 is 1.15 bits per heavy atom. The summed E-state index contributed by atoms with van der Waals surface area (Å²) in [4.78, 5) is 27.8. The number of hydrogen-bond donors (Lipinski definition) is 0. The van der Waals surface area contributed by atoms with E-state index >= 15 is 0 Å². The lowest BCUT2D eigenvalue weighted by atomic mass is 10.0. The van der Waals surface area contributed by atoms with Gasteiger partial charge in [-0.1, -0.05) is 12.1 Å². The molecule has 0 N–H and O–H groups in total. The average molecular weight is 365 g/mol. The van der Waals surface area contributed by atoms with E-state index in [-0.39, 0.29) is 17.6 Å². The molecule has 0 spiro atoms. The van der Waals surface area contributed by atoms with E-state index in [4.69, 9.17) is 14.2 Å². The normalized spacial score (nSPS) is 14.7. The van der Waals surface area contributed by atoms with Crippen LogP contribution in [0.25, 0.3) is 6.08 Å². The Morgan fingerprint density at radius 2 is 1.81 bits per heavy atom. The van der Waals surface area contributed by atoms with E-state index in [2.05, 4.69) is 4.99 Å². The smallest absolute Gasteiger partial charge is 0.363 e. The largest absolute Gasteiger partial charge is 0.496 e. The number of nitrogens with zero attached hydrogens (tertiary/aromatic N) is 1. The summed E-state index contributed by atoms with van der Waals surface area (Å²) in [5.41, 5.74) is 3.14. The molecule has 138 valence electrons. The lowest BCUT2D eigenvalue weighted by Crippen LogP contribution is -2.07. The van der Waals surface area contributed by atoms with Crippen LogP contribution in [-0.4, -0.2) is 24.9 Å². The Bertz CT molecular complexity index is 965. The van der Waals surface area contributed by atoms with Gasteiger partial charge in [0, 0.05) is 6.92 Å². The van der Waals surface area contributed by atoms with Crippen molar-refractivity contribution in [3.63, 3.8) is 0 Å². The molecule has 0 saturated carbocycles. The highest BCUT2D eigenvalue weighted by Gasteiger charge is 2.26. The van der Waals surface area contributed by atoms with Crippen molar-refractivity contribution in [1.82, 2.24) is 0 Å². The molecule has 27 heavy (non-hydrogen) atoms. The molecule has 0 bridgehead atoms. The monoisotopic (exact) mass is 365 g/mol. The van der Waals surface area contributed by atoms with Crippen molar-refractivity contribution in [3.05, 3.63) is 64.3 Å². The van der Waals surface area contributed by atoms with Crippen molar-refractivity contribution in [3.8, 4) is 11.5 Å². The van der Waals surface area contributed by atoms with Gasteiger partial charge in [-0.2, -0.15) is 0 Å². The van der Waals surface area contributed by atoms with Gasteiger partial charge in [0.1, 0.15) is 11.5 Å². The van der Waals surface area contributed by atoms with Crippen LogP contribution in [0.1, 0.15) is 29.2 Å². The second-order valence-corrected chi connectivity index (χ2v) is 6.11. The molecule has 0 atom stereocenters. The van der Waals surface area contributed by atoms with E-state index in [9.17, 15) is 9.59 Å². The average Bonchev–Trinajstić information content (AvgIpc) is 2.98. The zero-order valence-electron chi connectivity index (χ0n) is 15.5. The molecule has 0 saturated heterocycles. The van der Waals surface area contributed by atoms with E-state index < -0.39 is 5.97 Å². The van der Waals surface area contributed by atoms with Gasteiger partial charge in [-0.15, -0.1) is 0 Å². The molecule has 0 unspecified atom stereocenters. The second kappa shape index (κ2) is 7.45. The van der Waals surface area contributed by atoms with E-state index in [1.54, 1.807) is 25.3 Å². The van der Waals surface area contributed by atoms with Gasteiger partial charge >= 0.3 is 11.9 Å². The Kier molecular flexibility index (Phi) is 5.07. The number of esters is 2. The van der Waals surface area contributed by atoms with Crippen LogP contribution in [0.15, 0.2) is 47.1 Å². The van der Waals surface area contributed by atoms with Crippen molar-refractivity contribution in [1.29, 1.82) is 0 Å². The fourth-order valence-electron chi connectivity index (χ4n) is 2.88. The van der Waals surface area contributed by atoms with Gasteiger partial charge in [-0.3, -0.25) is 4.79 Å². The molecule has 0 fully saturated rings. The van der Waals surface area contributed by atoms with Crippen LogP contribution in [-0.2, 0) is 14.3 Å². The number of ether oxygens (including phenoxy) is 3. The predicted molar refractivity (Wildman–Crippen MR) is 101 cm³/mol. The van der Waals surface area contributed by atoms with Crippen LogP contribution >= 0.6 is 0 Å². The third kappa shape index (κ3) is 3.89. The van der Waals surface area contributed by atoms with Crippen LogP contribution in [0.2, 0.25) is 0 Å². The van der Waals surface area contributed by atoms with Gasteiger partial charge in [-0.25, -0.2) is 9.79 Å². The molecule has 6 heteroatoms. The summed E-state index contributed by atoms with van der Waals surface area (Å²) in [7, 11) is 1.54. The molecule has 0 aliphatic carbocycles. The molecule has 2 aromatic carbocycles. The second-order valence-electron chi connectivity index (χ2n) is 6.11. The Hall–Kier alpha value is -3.41. The van der Waals surface area contributed by atoms with Crippen LogP contribution in [0.4, 0.5) is 0 Å². The van der Waals surface area contributed by atoms with E-state index in [1.807, 2.05) is 38.1 Å². The van der Waals surface area contributed by atoms with Crippen molar-refractivity contribution in [2.45, 2.75) is 20.8 Å². The third-order valence-corrected chi connectivity index (χ3v) is 3.99. The van der Waals surface area contributed by atoms with Gasteiger partial charge in [0.25, 0.3) is 0 Å². The molecule has 0 radical (unpaired) electrons. The molecule has 1 heterocycles.